The summed E-state index contributed by atoms with van der Waals surface area (Å²) in [6.45, 7) is 3.46. The van der Waals surface area contributed by atoms with Crippen LogP contribution < -0.4 is 9.47 Å². The molecule has 37 heavy (non-hydrogen) atoms. The van der Waals surface area contributed by atoms with Gasteiger partial charge in [-0.1, -0.05) is 42.5 Å². The highest BCUT2D eigenvalue weighted by Crippen LogP contribution is 2.40. The lowest BCUT2D eigenvalue weighted by Gasteiger charge is -2.13. The predicted octanol–water partition coefficient (Wildman–Crippen LogP) is 6.05. The lowest BCUT2D eigenvalue weighted by Crippen LogP contribution is -2.05. The number of benzene rings is 2. The molecule has 7 nitrogen and oxygen atoms in total. The molecular weight excluding hydrogens is 466 g/mol. The van der Waals surface area contributed by atoms with E-state index < -0.39 is 5.97 Å². The van der Waals surface area contributed by atoms with Crippen LogP contribution in [-0.2, 0) is 17.9 Å². The number of carbonyl (C=O) groups is 1. The number of fused-ring (bicyclic) bond motifs is 2. The molecule has 0 radical (unpaired) electrons. The van der Waals surface area contributed by atoms with E-state index >= 15 is 0 Å². The van der Waals surface area contributed by atoms with E-state index in [1.165, 1.54) is 20.0 Å². The van der Waals surface area contributed by atoms with Gasteiger partial charge in [0.1, 0.15) is 29.3 Å². The number of para-hydroxylation sites is 1. The van der Waals surface area contributed by atoms with Gasteiger partial charge < -0.3 is 18.8 Å². The number of hydrogen-bond acceptors (Lipinski definition) is 5. The zero-order valence-electron chi connectivity index (χ0n) is 21.2. The predicted molar refractivity (Wildman–Crippen MR) is 142 cm³/mol. The van der Waals surface area contributed by atoms with E-state index in [1.807, 2.05) is 37.3 Å². The Morgan fingerprint density at radius 2 is 1.81 bits per heavy atom. The molecule has 0 N–H and O–H groups in total. The normalized spacial score (nSPS) is 13.3. The van der Waals surface area contributed by atoms with E-state index in [4.69, 9.17) is 19.3 Å². The number of esters is 1. The molecule has 0 amide bonds. The first-order valence-electron chi connectivity index (χ1n) is 12.5. The third kappa shape index (κ3) is 4.20. The van der Waals surface area contributed by atoms with E-state index in [2.05, 4.69) is 28.8 Å². The van der Waals surface area contributed by atoms with Gasteiger partial charge in [0.15, 0.2) is 0 Å². The summed E-state index contributed by atoms with van der Waals surface area (Å²) >= 11 is 0. The van der Waals surface area contributed by atoms with Crippen molar-refractivity contribution >= 4 is 22.4 Å². The molecule has 0 atom stereocenters. The van der Waals surface area contributed by atoms with Gasteiger partial charge in [-0.05, 0) is 49.4 Å². The van der Waals surface area contributed by atoms with Gasteiger partial charge in [-0.2, -0.15) is 5.10 Å². The summed E-state index contributed by atoms with van der Waals surface area (Å²) in [5, 5.41) is 6.05. The third-order valence-electron chi connectivity index (χ3n) is 7.07. The highest BCUT2D eigenvalue weighted by Gasteiger charge is 2.27. The van der Waals surface area contributed by atoms with Crippen molar-refractivity contribution < 1.29 is 19.0 Å². The summed E-state index contributed by atoms with van der Waals surface area (Å²) in [5.41, 5.74) is 6.29. The standard InChI is InChI=1S/C30H29N3O4/c1-19-27(31-33-17-23(30(34)36-3)15-26(35-2)28(19)33)24-14-22-10-7-11-25(29(22)32(24)16-20-12-13-20)37-18-21-8-5-4-6-9-21/h4-11,14-15,17,20H,12-13,16,18H2,1-3H3. The fourth-order valence-corrected chi connectivity index (χ4v) is 5.00. The highest BCUT2D eigenvalue weighted by atomic mass is 16.5. The average Bonchev–Trinajstić information content (AvgIpc) is 3.59. The Morgan fingerprint density at radius 1 is 1.00 bits per heavy atom. The van der Waals surface area contributed by atoms with Gasteiger partial charge in [-0.25, -0.2) is 9.31 Å². The molecule has 188 valence electrons. The molecule has 0 aliphatic heterocycles. The van der Waals surface area contributed by atoms with Gasteiger partial charge >= 0.3 is 5.97 Å². The molecule has 0 bridgehead atoms. The van der Waals surface area contributed by atoms with Crippen molar-refractivity contribution in [2.24, 2.45) is 5.92 Å². The van der Waals surface area contributed by atoms with E-state index in [1.54, 1.807) is 23.9 Å². The number of pyridine rings is 1. The maximum atomic E-state index is 12.3. The van der Waals surface area contributed by atoms with Crippen LogP contribution in [0.5, 0.6) is 11.5 Å². The fraction of sp³-hybridized carbons (Fsp3) is 0.267. The number of hydrogen-bond donors (Lipinski definition) is 0. The minimum absolute atomic E-state index is 0.385. The number of ether oxygens (including phenoxy) is 3. The van der Waals surface area contributed by atoms with Crippen LogP contribution in [0.25, 0.3) is 27.8 Å². The zero-order chi connectivity index (χ0) is 25.5. The molecule has 7 heteroatoms. The summed E-state index contributed by atoms with van der Waals surface area (Å²) < 4.78 is 21.0. The Kier molecular flexibility index (Phi) is 5.83. The molecule has 1 aliphatic rings. The summed E-state index contributed by atoms with van der Waals surface area (Å²) in [4.78, 5) is 12.3. The van der Waals surface area contributed by atoms with Crippen molar-refractivity contribution in [3.63, 3.8) is 0 Å². The Labute approximate surface area is 215 Å². The summed E-state index contributed by atoms with van der Waals surface area (Å²) in [7, 11) is 2.97. The largest absolute Gasteiger partial charge is 0.494 e. The molecule has 1 fully saturated rings. The van der Waals surface area contributed by atoms with Crippen LogP contribution in [0.4, 0.5) is 0 Å². The van der Waals surface area contributed by atoms with Gasteiger partial charge in [-0.15, -0.1) is 0 Å². The Bertz CT molecular complexity index is 1610. The van der Waals surface area contributed by atoms with Crippen LogP contribution in [0.1, 0.15) is 34.3 Å². The van der Waals surface area contributed by atoms with Gasteiger partial charge in [-0.3, -0.25) is 0 Å². The number of rotatable bonds is 8. The first-order valence-corrected chi connectivity index (χ1v) is 12.5. The SMILES string of the molecule is COC(=O)c1cc(OC)c2c(C)c(-c3cc4cccc(OCc5ccccc5)c4n3CC3CC3)nn2c1. The second-order valence-electron chi connectivity index (χ2n) is 9.61. The third-order valence-corrected chi connectivity index (χ3v) is 7.07. The average molecular weight is 496 g/mol. The van der Waals surface area contributed by atoms with Gasteiger partial charge in [0, 0.05) is 23.7 Å². The van der Waals surface area contributed by atoms with E-state index in [9.17, 15) is 4.79 Å². The number of carbonyl (C=O) groups excluding carboxylic acids is 1. The van der Waals surface area contributed by atoms with Crippen molar-refractivity contribution in [3.05, 3.63) is 83.6 Å². The van der Waals surface area contributed by atoms with Crippen molar-refractivity contribution in [2.45, 2.75) is 32.9 Å². The molecule has 3 aromatic heterocycles. The molecule has 1 aliphatic carbocycles. The second-order valence-corrected chi connectivity index (χ2v) is 9.61. The molecule has 2 aromatic carbocycles. The van der Waals surface area contributed by atoms with Crippen LogP contribution in [0.3, 0.4) is 0 Å². The van der Waals surface area contributed by atoms with Crippen LogP contribution >= 0.6 is 0 Å². The molecule has 0 spiro atoms. The lowest BCUT2D eigenvalue weighted by atomic mass is 10.1. The summed E-state index contributed by atoms with van der Waals surface area (Å²) in [6, 6.07) is 20.3. The Hall–Kier alpha value is -4.26. The van der Waals surface area contributed by atoms with Crippen LogP contribution in [-0.4, -0.2) is 34.4 Å². The minimum atomic E-state index is -0.432. The topological polar surface area (TPSA) is 67.0 Å². The molecule has 3 heterocycles. The highest BCUT2D eigenvalue weighted by molar-refractivity contribution is 5.93. The maximum Gasteiger partial charge on any atom is 0.339 e. The quantitative estimate of drug-likeness (QED) is 0.245. The molecule has 0 saturated heterocycles. The van der Waals surface area contributed by atoms with Crippen molar-refractivity contribution in [1.82, 2.24) is 14.2 Å². The lowest BCUT2D eigenvalue weighted by molar-refractivity contribution is 0.0599. The van der Waals surface area contributed by atoms with Crippen molar-refractivity contribution in [3.8, 4) is 22.9 Å². The minimum Gasteiger partial charge on any atom is -0.494 e. The Balaban J connectivity index is 1.50. The van der Waals surface area contributed by atoms with E-state index in [0.717, 1.165) is 51.2 Å². The smallest absolute Gasteiger partial charge is 0.339 e. The molecule has 1 saturated carbocycles. The Morgan fingerprint density at radius 3 is 2.54 bits per heavy atom. The van der Waals surface area contributed by atoms with Gasteiger partial charge in [0.25, 0.3) is 0 Å². The molecule has 5 aromatic rings. The second kappa shape index (κ2) is 9.32. The number of aromatic nitrogens is 3. The van der Waals surface area contributed by atoms with Crippen LogP contribution in [0.15, 0.2) is 66.9 Å². The van der Waals surface area contributed by atoms with Gasteiger partial charge in [0.05, 0.1) is 31.0 Å². The van der Waals surface area contributed by atoms with Crippen LogP contribution in [0.2, 0.25) is 0 Å². The monoisotopic (exact) mass is 495 g/mol. The van der Waals surface area contributed by atoms with E-state index in [0.29, 0.717) is 23.8 Å². The maximum absolute atomic E-state index is 12.3. The van der Waals surface area contributed by atoms with Crippen molar-refractivity contribution in [1.29, 1.82) is 0 Å². The number of nitrogens with zero attached hydrogens (tertiary/aromatic N) is 3. The van der Waals surface area contributed by atoms with Crippen LogP contribution in [0, 0.1) is 12.8 Å². The van der Waals surface area contributed by atoms with Crippen molar-refractivity contribution in [2.75, 3.05) is 14.2 Å². The zero-order valence-corrected chi connectivity index (χ0v) is 21.2. The number of methoxy groups -OCH3 is 2. The first kappa shape index (κ1) is 23.2. The molecule has 0 unspecified atom stereocenters. The first-order chi connectivity index (χ1) is 18.1. The molecule has 6 rings (SSSR count). The summed E-state index contributed by atoms with van der Waals surface area (Å²) in [6.07, 6.45) is 4.15. The fourth-order valence-electron chi connectivity index (χ4n) is 5.00. The molecular formula is C30H29N3O4. The van der Waals surface area contributed by atoms with Gasteiger partial charge in [0.2, 0.25) is 0 Å². The van der Waals surface area contributed by atoms with E-state index in [-0.39, 0.29) is 0 Å². The summed E-state index contributed by atoms with van der Waals surface area (Å²) in [5.74, 6) is 1.66. The number of aryl methyl sites for hydroxylation is 1.